The molecule has 3 rings (SSSR count). The third kappa shape index (κ3) is 7.93. The number of ether oxygens (including phenoxy) is 1. The second-order valence-electron chi connectivity index (χ2n) is 7.03. The van der Waals surface area contributed by atoms with Crippen LogP contribution >= 0.6 is 0 Å². The number of aliphatic hydroxyl groups excluding tert-OH is 3. The van der Waals surface area contributed by atoms with Crippen LogP contribution in [0, 0.1) is 24.5 Å². The van der Waals surface area contributed by atoms with Gasteiger partial charge < -0.3 is 25.8 Å². The van der Waals surface area contributed by atoms with Crippen LogP contribution in [0.2, 0.25) is 0 Å². The van der Waals surface area contributed by atoms with Crippen LogP contribution in [0.4, 0.5) is 13.2 Å². The molecule has 178 valence electrons. The van der Waals surface area contributed by atoms with Gasteiger partial charge in [0.1, 0.15) is 30.2 Å². The molecule has 0 saturated carbocycles. The summed E-state index contributed by atoms with van der Waals surface area (Å²) in [5.41, 5.74) is 7.11. The van der Waals surface area contributed by atoms with Gasteiger partial charge in [-0.3, -0.25) is 0 Å². The number of rotatable bonds is 3. The minimum atomic E-state index is -1.34. The summed E-state index contributed by atoms with van der Waals surface area (Å²) < 4.78 is 43.6. The third-order valence-corrected chi connectivity index (χ3v) is 4.73. The molecular formula is C24H32F3NO4. The van der Waals surface area contributed by atoms with Gasteiger partial charge in [-0.25, -0.2) is 13.2 Å². The molecule has 1 aliphatic heterocycles. The number of allylic oxidation sites excluding steroid dienone is 3. The quantitative estimate of drug-likeness (QED) is 0.414. The van der Waals surface area contributed by atoms with Gasteiger partial charge in [0, 0.05) is 12.1 Å². The minimum Gasteiger partial charge on any atom is -0.388 e. The van der Waals surface area contributed by atoms with Crippen LogP contribution in [0.5, 0.6) is 0 Å². The summed E-state index contributed by atoms with van der Waals surface area (Å²) in [6, 6.07) is 2.93. The van der Waals surface area contributed by atoms with Gasteiger partial charge in [-0.2, -0.15) is 0 Å². The Morgan fingerprint density at radius 2 is 1.78 bits per heavy atom. The number of benzene rings is 1. The van der Waals surface area contributed by atoms with Gasteiger partial charge in [0.25, 0.3) is 0 Å². The first kappa shape index (κ1) is 29.6. The standard InChI is InChI=1S/C12H14F2O4.C7H10FN.C3H6.C2H2/c1-5-9(15)11(17)12(18-5)10(16)6-2-3-7(13)8(14)4-6;1-5-2-3-7(8)6(5)4-9;1-3-2;1-2/h2-5,9-12,15-17H,1H3;3H,2,4,9H2,1H3;3H,1H2,2H3;1-2H/t5-,9-,10+,11-,12+;;;/m0.../s1. The van der Waals surface area contributed by atoms with E-state index in [2.05, 4.69) is 19.4 Å². The highest BCUT2D eigenvalue weighted by Gasteiger charge is 2.44. The molecule has 0 bridgehead atoms. The smallest absolute Gasteiger partial charge is 0.159 e. The molecule has 1 heterocycles. The van der Waals surface area contributed by atoms with Crippen molar-refractivity contribution in [1.29, 1.82) is 0 Å². The molecule has 1 saturated heterocycles. The Morgan fingerprint density at radius 1 is 1.22 bits per heavy atom. The monoisotopic (exact) mass is 455 g/mol. The number of nitrogens with two attached hydrogens (primary N) is 1. The fourth-order valence-corrected chi connectivity index (χ4v) is 2.99. The normalized spacial score (nSPS) is 24.7. The summed E-state index contributed by atoms with van der Waals surface area (Å²) in [7, 11) is 0. The Morgan fingerprint density at radius 3 is 2.12 bits per heavy atom. The second kappa shape index (κ2) is 14.6. The first-order valence-corrected chi connectivity index (χ1v) is 9.88. The van der Waals surface area contributed by atoms with Gasteiger partial charge in [-0.15, -0.1) is 19.4 Å². The molecule has 1 aliphatic carbocycles. The Bertz CT molecular complexity index is 823. The summed E-state index contributed by atoms with van der Waals surface area (Å²) in [6.07, 6.45) is 6.62. The van der Waals surface area contributed by atoms with E-state index in [0.717, 1.165) is 24.1 Å². The van der Waals surface area contributed by atoms with Crippen molar-refractivity contribution in [1.82, 2.24) is 0 Å². The van der Waals surface area contributed by atoms with Crippen LogP contribution in [-0.4, -0.2) is 46.3 Å². The molecule has 1 aromatic carbocycles. The SMILES string of the molecule is C#C.C=CC.CC1=C(CN)C(F)=CC1.C[C@@H]1O[C@H]([C@H](O)c2ccc(F)c(F)c2)[C@@H](O)[C@H]1O. The van der Waals surface area contributed by atoms with Gasteiger partial charge in [-0.1, -0.05) is 17.7 Å². The van der Waals surface area contributed by atoms with Gasteiger partial charge in [0.15, 0.2) is 11.6 Å². The molecule has 5 N–H and O–H groups in total. The minimum absolute atomic E-state index is 0.0826. The molecule has 5 nitrogen and oxygen atoms in total. The molecule has 0 spiro atoms. The number of halogens is 3. The first-order valence-electron chi connectivity index (χ1n) is 9.88. The maximum Gasteiger partial charge on any atom is 0.159 e. The first-order chi connectivity index (χ1) is 15.1. The van der Waals surface area contributed by atoms with Crippen molar-refractivity contribution in [3.8, 4) is 12.8 Å². The fourth-order valence-electron chi connectivity index (χ4n) is 2.99. The van der Waals surface area contributed by atoms with E-state index >= 15 is 0 Å². The molecule has 1 fully saturated rings. The van der Waals surface area contributed by atoms with E-state index in [9.17, 15) is 28.5 Å². The molecular weight excluding hydrogens is 423 g/mol. The van der Waals surface area contributed by atoms with Crippen LogP contribution < -0.4 is 5.73 Å². The predicted octanol–water partition coefficient (Wildman–Crippen LogP) is 3.47. The molecule has 2 aliphatic rings. The second-order valence-corrected chi connectivity index (χ2v) is 7.03. The largest absolute Gasteiger partial charge is 0.388 e. The average Bonchev–Trinajstić information content (AvgIpc) is 3.24. The molecule has 0 radical (unpaired) electrons. The molecule has 32 heavy (non-hydrogen) atoms. The highest BCUT2D eigenvalue weighted by atomic mass is 19.2. The van der Waals surface area contributed by atoms with E-state index in [4.69, 9.17) is 10.5 Å². The summed E-state index contributed by atoms with van der Waals surface area (Å²) in [5.74, 6) is -2.24. The van der Waals surface area contributed by atoms with E-state index < -0.39 is 42.2 Å². The van der Waals surface area contributed by atoms with Crippen molar-refractivity contribution in [2.24, 2.45) is 5.73 Å². The summed E-state index contributed by atoms with van der Waals surface area (Å²) in [5, 5.41) is 29.1. The average molecular weight is 456 g/mol. The van der Waals surface area contributed by atoms with Gasteiger partial charge in [0.2, 0.25) is 0 Å². The zero-order chi connectivity index (χ0) is 25.0. The topological polar surface area (TPSA) is 95.9 Å². The number of aliphatic hydroxyl groups is 3. The van der Waals surface area contributed by atoms with Crippen molar-refractivity contribution in [2.45, 2.75) is 57.7 Å². The van der Waals surface area contributed by atoms with Gasteiger partial charge in [-0.05, 0) is 51.0 Å². The lowest BCUT2D eigenvalue weighted by molar-refractivity contribution is -0.0636. The van der Waals surface area contributed by atoms with Gasteiger partial charge >= 0.3 is 0 Å². The van der Waals surface area contributed by atoms with Crippen LogP contribution in [0.3, 0.4) is 0 Å². The maximum absolute atomic E-state index is 13.0. The molecule has 1 aromatic rings. The summed E-state index contributed by atoms with van der Waals surface area (Å²) in [4.78, 5) is 0. The molecule has 0 unspecified atom stereocenters. The van der Waals surface area contributed by atoms with E-state index in [-0.39, 0.29) is 11.4 Å². The lowest BCUT2D eigenvalue weighted by atomic mass is 9.98. The van der Waals surface area contributed by atoms with Crippen LogP contribution in [0.1, 0.15) is 38.9 Å². The number of hydrogen-bond acceptors (Lipinski definition) is 5. The predicted molar refractivity (Wildman–Crippen MR) is 119 cm³/mol. The van der Waals surface area contributed by atoms with Crippen molar-refractivity contribution in [3.05, 3.63) is 71.1 Å². The van der Waals surface area contributed by atoms with Crippen LogP contribution in [0.15, 0.2) is 53.9 Å². The van der Waals surface area contributed by atoms with E-state index in [0.29, 0.717) is 12.1 Å². The van der Waals surface area contributed by atoms with E-state index in [1.807, 2.05) is 13.8 Å². The summed E-state index contributed by atoms with van der Waals surface area (Å²) >= 11 is 0. The fraction of sp³-hybridized carbons (Fsp3) is 0.417. The molecule has 0 amide bonds. The van der Waals surface area contributed by atoms with Gasteiger partial charge in [0.05, 0.1) is 6.10 Å². The Hall–Kier alpha value is -2.41. The van der Waals surface area contributed by atoms with E-state index in [1.54, 1.807) is 19.1 Å². The zero-order valence-corrected chi connectivity index (χ0v) is 18.5. The lowest BCUT2D eigenvalue weighted by Crippen LogP contribution is -2.34. The van der Waals surface area contributed by atoms with Crippen molar-refractivity contribution >= 4 is 0 Å². The molecule has 5 atom stereocenters. The summed E-state index contributed by atoms with van der Waals surface area (Å²) in [6.45, 7) is 9.03. The van der Waals surface area contributed by atoms with E-state index in [1.165, 1.54) is 6.07 Å². The van der Waals surface area contributed by atoms with Crippen molar-refractivity contribution in [3.63, 3.8) is 0 Å². The maximum atomic E-state index is 13.0. The number of hydrogen-bond donors (Lipinski definition) is 4. The van der Waals surface area contributed by atoms with Crippen LogP contribution in [-0.2, 0) is 4.74 Å². The zero-order valence-electron chi connectivity index (χ0n) is 18.5. The molecule has 0 aromatic heterocycles. The number of terminal acetylenes is 1. The Balaban J connectivity index is 0.000000574. The molecule has 8 heteroatoms. The van der Waals surface area contributed by atoms with Crippen LogP contribution in [0.25, 0.3) is 0 Å². The Kier molecular flexibility index (Phi) is 13.5. The Labute approximate surface area is 187 Å². The highest BCUT2D eigenvalue weighted by molar-refractivity contribution is 5.38. The lowest BCUT2D eigenvalue weighted by Gasteiger charge is -2.21. The van der Waals surface area contributed by atoms with Crippen molar-refractivity contribution in [2.75, 3.05) is 6.54 Å². The highest BCUT2D eigenvalue weighted by Crippen LogP contribution is 2.31. The van der Waals surface area contributed by atoms with Crippen molar-refractivity contribution < 1.29 is 33.2 Å². The third-order valence-electron chi connectivity index (χ3n) is 4.73.